The molecule has 2 rings (SSSR count). The van der Waals surface area contributed by atoms with Gasteiger partial charge in [0.2, 0.25) is 0 Å². The first-order valence-electron chi connectivity index (χ1n) is 7.09. The molecular weight excluding hydrogens is 268 g/mol. The standard InChI is InChI=1S/C15H22N4O2/c1-4-8-16-9-12-6-5-7-14(20-3)15(12)21-11-13-10-19(2)18-17-13/h5-7,10,16H,4,8-9,11H2,1-3H3. The number of benzene rings is 1. The highest BCUT2D eigenvalue weighted by atomic mass is 16.5. The largest absolute Gasteiger partial charge is 0.493 e. The van der Waals surface area contributed by atoms with Crippen LogP contribution >= 0.6 is 0 Å². The molecule has 0 saturated carbocycles. The number of nitrogens with one attached hydrogen (secondary N) is 1. The van der Waals surface area contributed by atoms with Crippen molar-refractivity contribution in [3.8, 4) is 11.5 Å². The Morgan fingerprint density at radius 3 is 2.86 bits per heavy atom. The quantitative estimate of drug-likeness (QED) is 0.752. The Labute approximate surface area is 125 Å². The zero-order valence-electron chi connectivity index (χ0n) is 12.8. The first kappa shape index (κ1) is 15.3. The van der Waals surface area contributed by atoms with Crippen molar-refractivity contribution in [2.24, 2.45) is 7.05 Å². The van der Waals surface area contributed by atoms with E-state index >= 15 is 0 Å². The molecule has 1 aromatic carbocycles. The van der Waals surface area contributed by atoms with Gasteiger partial charge in [-0.1, -0.05) is 24.3 Å². The molecule has 114 valence electrons. The van der Waals surface area contributed by atoms with Crippen molar-refractivity contribution in [1.82, 2.24) is 20.3 Å². The van der Waals surface area contributed by atoms with Crippen molar-refractivity contribution in [2.75, 3.05) is 13.7 Å². The average molecular weight is 290 g/mol. The van der Waals surface area contributed by atoms with Crippen LogP contribution in [0.2, 0.25) is 0 Å². The lowest BCUT2D eigenvalue weighted by Gasteiger charge is -2.14. The molecule has 0 aliphatic carbocycles. The number of hydrogen-bond acceptors (Lipinski definition) is 5. The zero-order chi connectivity index (χ0) is 15.1. The summed E-state index contributed by atoms with van der Waals surface area (Å²) in [5, 5.41) is 11.3. The van der Waals surface area contributed by atoms with Crippen LogP contribution in [0.1, 0.15) is 24.6 Å². The number of aryl methyl sites for hydroxylation is 1. The van der Waals surface area contributed by atoms with Gasteiger partial charge in [-0.3, -0.25) is 4.68 Å². The van der Waals surface area contributed by atoms with Crippen molar-refractivity contribution < 1.29 is 9.47 Å². The van der Waals surface area contributed by atoms with Gasteiger partial charge in [0.05, 0.1) is 13.3 Å². The number of nitrogens with zero attached hydrogens (tertiary/aromatic N) is 3. The molecule has 6 nitrogen and oxygen atoms in total. The van der Waals surface area contributed by atoms with E-state index < -0.39 is 0 Å². The Bertz CT molecular complexity index is 569. The van der Waals surface area contributed by atoms with E-state index in [1.807, 2.05) is 31.4 Å². The minimum atomic E-state index is 0.370. The van der Waals surface area contributed by atoms with Crippen LogP contribution in [0.15, 0.2) is 24.4 Å². The molecule has 1 N–H and O–H groups in total. The van der Waals surface area contributed by atoms with E-state index in [0.29, 0.717) is 6.61 Å². The predicted octanol–water partition coefficient (Wildman–Crippen LogP) is 1.90. The van der Waals surface area contributed by atoms with Crippen LogP contribution in [-0.2, 0) is 20.2 Å². The van der Waals surface area contributed by atoms with Crippen LogP contribution < -0.4 is 14.8 Å². The molecule has 0 aliphatic rings. The maximum absolute atomic E-state index is 5.91. The normalized spacial score (nSPS) is 10.6. The summed E-state index contributed by atoms with van der Waals surface area (Å²) < 4.78 is 13.0. The molecule has 0 fully saturated rings. The second kappa shape index (κ2) is 7.64. The van der Waals surface area contributed by atoms with Crippen LogP contribution in [0.4, 0.5) is 0 Å². The SMILES string of the molecule is CCCNCc1cccc(OC)c1OCc1cn(C)nn1. The average Bonchev–Trinajstić information content (AvgIpc) is 2.91. The molecule has 0 aliphatic heterocycles. The maximum Gasteiger partial charge on any atom is 0.166 e. The van der Waals surface area contributed by atoms with E-state index in [0.717, 1.165) is 42.3 Å². The summed E-state index contributed by atoms with van der Waals surface area (Å²) >= 11 is 0. The third kappa shape index (κ3) is 4.19. The van der Waals surface area contributed by atoms with Gasteiger partial charge >= 0.3 is 0 Å². The molecule has 0 radical (unpaired) electrons. The monoisotopic (exact) mass is 290 g/mol. The highest BCUT2D eigenvalue weighted by molar-refractivity contribution is 5.46. The Balaban J connectivity index is 2.10. The van der Waals surface area contributed by atoms with Gasteiger partial charge in [0, 0.05) is 19.2 Å². The van der Waals surface area contributed by atoms with Crippen molar-refractivity contribution in [3.63, 3.8) is 0 Å². The first-order chi connectivity index (χ1) is 10.2. The predicted molar refractivity (Wildman–Crippen MR) is 80.3 cm³/mol. The molecule has 0 atom stereocenters. The fourth-order valence-corrected chi connectivity index (χ4v) is 2.03. The van der Waals surface area contributed by atoms with E-state index in [1.165, 1.54) is 0 Å². The van der Waals surface area contributed by atoms with Crippen LogP contribution in [0.5, 0.6) is 11.5 Å². The van der Waals surface area contributed by atoms with E-state index in [-0.39, 0.29) is 0 Å². The number of para-hydroxylation sites is 1. The smallest absolute Gasteiger partial charge is 0.166 e. The number of rotatable bonds is 8. The molecule has 0 bridgehead atoms. The number of ether oxygens (including phenoxy) is 2. The highest BCUT2D eigenvalue weighted by Crippen LogP contribution is 2.31. The lowest BCUT2D eigenvalue weighted by atomic mass is 10.2. The second-order valence-corrected chi connectivity index (χ2v) is 4.80. The van der Waals surface area contributed by atoms with Crippen LogP contribution in [0, 0.1) is 0 Å². The lowest BCUT2D eigenvalue weighted by molar-refractivity contribution is 0.277. The van der Waals surface area contributed by atoms with Crippen molar-refractivity contribution >= 4 is 0 Å². The Morgan fingerprint density at radius 1 is 1.33 bits per heavy atom. The number of methoxy groups -OCH3 is 1. The van der Waals surface area contributed by atoms with Crippen LogP contribution in [-0.4, -0.2) is 28.6 Å². The first-order valence-corrected chi connectivity index (χ1v) is 7.09. The van der Waals surface area contributed by atoms with Gasteiger partial charge < -0.3 is 14.8 Å². The van der Waals surface area contributed by atoms with Gasteiger partial charge in [-0.25, -0.2) is 0 Å². The highest BCUT2D eigenvalue weighted by Gasteiger charge is 2.11. The summed E-state index contributed by atoms with van der Waals surface area (Å²) in [5.41, 5.74) is 1.86. The van der Waals surface area contributed by atoms with E-state index in [9.17, 15) is 0 Å². The molecule has 21 heavy (non-hydrogen) atoms. The zero-order valence-corrected chi connectivity index (χ0v) is 12.8. The minimum Gasteiger partial charge on any atom is -0.493 e. The van der Waals surface area contributed by atoms with Crippen molar-refractivity contribution in [2.45, 2.75) is 26.5 Å². The number of hydrogen-bond donors (Lipinski definition) is 1. The topological polar surface area (TPSA) is 61.2 Å². The Hall–Kier alpha value is -2.08. The van der Waals surface area contributed by atoms with Crippen LogP contribution in [0.3, 0.4) is 0 Å². The van der Waals surface area contributed by atoms with Crippen molar-refractivity contribution in [3.05, 3.63) is 35.7 Å². The second-order valence-electron chi connectivity index (χ2n) is 4.80. The van der Waals surface area contributed by atoms with E-state index in [2.05, 4.69) is 22.6 Å². The minimum absolute atomic E-state index is 0.370. The summed E-state index contributed by atoms with van der Waals surface area (Å²) in [5.74, 6) is 1.49. The van der Waals surface area contributed by atoms with Crippen LogP contribution in [0.25, 0.3) is 0 Å². The van der Waals surface area contributed by atoms with Gasteiger partial charge in [-0.2, -0.15) is 0 Å². The summed E-state index contributed by atoms with van der Waals surface area (Å²) in [6.07, 6.45) is 2.93. The van der Waals surface area contributed by atoms with Gasteiger partial charge in [0.1, 0.15) is 12.3 Å². The number of aromatic nitrogens is 3. The molecule has 0 unspecified atom stereocenters. The van der Waals surface area contributed by atoms with Gasteiger partial charge in [0.15, 0.2) is 11.5 Å². The Morgan fingerprint density at radius 2 is 2.19 bits per heavy atom. The third-order valence-corrected chi connectivity index (χ3v) is 3.04. The molecule has 0 amide bonds. The van der Waals surface area contributed by atoms with E-state index in [1.54, 1.807) is 11.8 Å². The molecule has 1 aromatic heterocycles. The summed E-state index contributed by atoms with van der Waals surface area (Å²) in [4.78, 5) is 0. The molecule has 2 aromatic rings. The molecule has 0 spiro atoms. The van der Waals surface area contributed by atoms with Crippen molar-refractivity contribution in [1.29, 1.82) is 0 Å². The third-order valence-electron chi connectivity index (χ3n) is 3.04. The molecule has 1 heterocycles. The summed E-state index contributed by atoms with van der Waals surface area (Å²) in [7, 11) is 3.48. The molecule has 6 heteroatoms. The fraction of sp³-hybridized carbons (Fsp3) is 0.467. The van der Waals surface area contributed by atoms with Gasteiger partial charge in [0.25, 0.3) is 0 Å². The molecule has 0 saturated heterocycles. The summed E-state index contributed by atoms with van der Waals surface area (Å²) in [6, 6.07) is 5.91. The molecular formula is C15H22N4O2. The Kier molecular flexibility index (Phi) is 5.57. The van der Waals surface area contributed by atoms with E-state index in [4.69, 9.17) is 9.47 Å². The van der Waals surface area contributed by atoms with Gasteiger partial charge in [-0.15, -0.1) is 5.10 Å². The maximum atomic E-state index is 5.91. The lowest BCUT2D eigenvalue weighted by Crippen LogP contribution is -2.15. The summed E-state index contributed by atoms with van der Waals surface area (Å²) in [6.45, 7) is 4.24. The fourth-order valence-electron chi connectivity index (χ4n) is 2.03. The van der Waals surface area contributed by atoms with Gasteiger partial charge in [-0.05, 0) is 19.0 Å².